The number of piperidine rings is 1. The van der Waals surface area contributed by atoms with E-state index < -0.39 is 0 Å². The Balaban J connectivity index is 1.49. The lowest BCUT2D eigenvalue weighted by Gasteiger charge is -2.33. The monoisotopic (exact) mass is 413 g/mol. The molecule has 2 aromatic rings. The molecule has 6 heteroatoms. The highest BCUT2D eigenvalue weighted by molar-refractivity contribution is 7.09. The van der Waals surface area contributed by atoms with E-state index in [2.05, 4.69) is 17.3 Å². The SMILES string of the molecule is CCCCN(C)C(=O)C1CCN(C(=O)Cc2ccc(-c3csc(C)n3)cc2)CC1. The van der Waals surface area contributed by atoms with Crippen molar-refractivity contribution in [3.8, 4) is 11.3 Å². The van der Waals surface area contributed by atoms with Crippen LogP contribution in [0.15, 0.2) is 29.6 Å². The van der Waals surface area contributed by atoms with Crippen molar-refractivity contribution in [3.63, 3.8) is 0 Å². The molecule has 0 unspecified atom stereocenters. The summed E-state index contributed by atoms with van der Waals surface area (Å²) in [5, 5.41) is 3.11. The second-order valence-corrected chi connectivity index (χ2v) is 8.96. The summed E-state index contributed by atoms with van der Waals surface area (Å²) in [5.41, 5.74) is 3.08. The van der Waals surface area contributed by atoms with Crippen molar-refractivity contribution in [2.45, 2.75) is 46.0 Å². The average molecular weight is 414 g/mol. The minimum absolute atomic E-state index is 0.0572. The summed E-state index contributed by atoms with van der Waals surface area (Å²) in [4.78, 5) is 33.5. The molecular formula is C23H31N3O2S. The zero-order valence-electron chi connectivity index (χ0n) is 17.7. The van der Waals surface area contributed by atoms with E-state index >= 15 is 0 Å². The van der Waals surface area contributed by atoms with E-state index in [4.69, 9.17) is 0 Å². The summed E-state index contributed by atoms with van der Waals surface area (Å²) in [5.74, 6) is 0.438. The van der Waals surface area contributed by atoms with Gasteiger partial charge >= 0.3 is 0 Å². The number of thiazole rings is 1. The van der Waals surface area contributed by atoms with Crippen LogP contribution in [0.3, 0.4) is 0 Å². The molecule has 1 aromatic heterocycles. The molecular weight excluding hydrogens is 382 g/mol. The Labute approximate surface area is 177 Å². The van der Waals surface area contributed by atoms with Crippen molar-refractivity contribution >= 4 is 23.2 Å². The average Bonchev–Trinajstić information content (AvgIpc) is 3.18. The van der Waals surface area contributed by atoms with Gasteiger partial charge in [-0.1, -0.05) is 37.6 Å². The zero-order valence-corrected chi connectivity index (χ0v) is 18.5. The predicted octanol–water partition coefficient (Wildman–Crippen LogP) is 4.16. The van der Waals surface area contributed by atoms with E-state index in [-0.39, 0.29) is 17.7 Å². The van der Waals surface area contributed by atoms with Crippen LogP contribution in [0.1, 0.15) is 43.2 Å². The van der Waals surface area contributed by atoms with Gasteiger partial charge in [-0.3, -0.25) is 9.59 Å². The Morgan fingerprint density at radius 2 is 1.90 bits per heavy atom. The Kier molecular flexibility index (Phi) is 7.42. The minimum atomic E-state index is 0.0572. The van der Waals surface area contributed by atoms with Crippen LogP contribution in [0.5, 0.6) is 0 Å². The molecule has 3 rings (SSSR count). The van der Waals surface area contributed by atoms with Gasteiger partial charge in [0.1, 0.15) is 0 Å². The van der Waals surface area contributed by atoms with Crippen LogP contribution in [0.25, 0.3) is 11.3 Å². The van der Waals surface area contributed by atoms with Crippen LogP contribution >= 0.6 is 11.3 Å². The fourth-order valence-corrected chi connectivity index (χ4v) is 4.39. The quantitative estimate of drug-likeness (QED) is 0.685. The molecule has 1 aromatic carbocycles. The maximum absolute atomic E-state index is 12.7. The molecule has 0 radical (unpaired) electrons. The summed E-state index contributed by atoms with van der Waals surface area (Å²) in [6.07, 6.45) is 4.08. The fourth-order valence-electron chi connectivity index (χ4n) is 3.77. The van der Waals surface area contributed by atoms with Gasteiger partial charge in [0.25, 0.3) is 0 Å². The highest BCUT2D eigenvalue weighted by Gasteiger charge is 2.28. The van der Waals surface area contributed by atoms with Gasteiger partial charge in [-0.15, -0.1) is 11.3 Å². The first kappa shape index (κ1) is 21.5. The molecule has 0 atom stereocenters. The number of carbonyl (C=O) groups excluding carboxylic acids is 2. The molecule has 0 bridgehead atoms. The van der Waals surface area contributed by atoms with E-state index in [1.807, 2.05) is 48.0 Å². The molecule has 0 spiro atoms. The third-order valence-corrected chi connectivity index (χ3v) is 6.42. The lowest BCUT2D eigenvalue weighted by Crippen LogP contribution is -2.44. The van der Waals surface area contributed by atoms with Crippen LogP contribution in [0.2, 0.25) is 0 Å². The number of unbranched alkanes of at least 4 members (excludes halogenated alkanes) is 1. The molecule has 2 amide bonds. The maximum Gasteiger partial charge on any atom is 0.226 e. The standard InChI is InChI=1S/C23H31N3O2S/c1-4-5-12-25(3)23(28)20-10-13-26(14-11-20)22(27)15-18-6-8-19(9-7-18)21-16-29-17(2)24-21/h6-9,16,20H,4-5,10-15H2,1-3H3. The molecule has 1 fully saturated rings. The second-order valence-electron chi connectivity index (χ2n) is 7.89. The second kappa shape index (κ2) is 10.0. The number of amides is 2. The van der Waals surface area contributed by atoms with Gasteiger partial charge in [-0.25, -0.2) is 4.98 Å². The van der Waals surface area contributed by atoms with Gasteiger partial charge in [-0.2, -0.15) is 0 Å². The maximum atomic E-state index is 12.7. The highest BCUT2D eigenvalue weighted by Crippen LogP contribution is 2.23. The third kappa shape index (κ3) is 5.66. The number of aryl methyl sites for hydroxylation is 1. The Morgan fingerprint density at radius 1 is 1.21 bits per heavy atom. The minimum Gasteiger partial charge on any atom is -0.346 e. The van der Waals surface area contributed by atoms with Crippen LogP contribution < -0.4 is 0 Å². The molecule has 2 heterocycles. The van der Waals surface area contributed by atoms with Crippen molar-refractivity contribution < 1.29 is 9.59 Å². The number of hydrogen-bond donors (Lipinski definition) is 0. The van der Waals surface area contributed by atoms with Crippen molar-refractivity contribution in [2.75, 3.05) is 26.7 Å². The molecule has 5 nitrogen and oxygen atoms in total. The molecule has 0 aliphatic carbocycles. The predicted molar refractivity (Wildman–Crippen MR) is 118 cm³/mol. The largest absolute Gasteiger partial charge is 0.346 e. The van der Waals surface area contributed by atoms with Gasteiger partial charge in [0.05, 0.1) is 17.1 Å². The van der Waals surface area contributed by atoms with Crippen LogP contribution in [0, 0.1) is 12.8 Å². The Bertz CT molecular complexity index is 823. The zero-order chi connectivity index (χ0) is 20.8. The number of rotatable bonds is 7. The summed E-state index contributed by atoms with van der Waals surface area (Å²) in [7, 11) is 1.89. The molecule has 0 N–H and O–H groups in total. The van der Waals surface area contributed by atoms with E-state index in [9.17, 15) is 9.59 Å². The van der Waals surface area contributed by atoms with Crippen LogP contribution in [-0.4, -0.2) is 53.3 Å². The summed E-state index contributed by atoms with van der Waals surface area (Å²) < 4.78 is 0. The summed E-state index contributed by atoms with van der Waals surface area (Å²) in [6, 6.07) is 8.10. The topological polar surface area (TPSA) is 53.5 Å². The molecule has 156 valence electrons. The molecule has 1 aliphatic heterocycles. The van der Waals surface area contributed by atoms with Gasteiger partial charge in [0.15, 0.2) is 0 Å². The van der Waals surface area contributed by atoms with Gasteiger partial charge < -0.3 is 9.80 Å². The van der Waals surface area contributed by atoms with E-state index in [1.165, 1.54) is 0 Å². The summed E-state index contributed by atoms with van der Waals surface area (Å²) in [6.45, 7) is 6.31. The molecule has 1 saturated heterocycles. The van der Waals surface area contributed by atoms with Crippen molar-refractivity contribution in [1.82, 2.24) is 14.8 Å². The number of nitrogens with zero attached hydrogens (tertiary/aromatic N) is 3. The first-order valence-corrected chi connectivity index (χ1v) is 11.4. The van der Waals surface area contributed by atoms with E-state index in [0.717, 1.165) is 54.1 Å². The van der Waals surface area contributed by atoms with Gasteiger partial charge in [0.2, 0.25) is 11.8 Å². The van der Waals surface area contributed by atoms with Crippen molar-refractivity contribution in [3.05, 3.63) is 40.2 Å². The first-order chi connectivity index (χ1) is 14.0. The molecule has 0 saturated carbocycles. The molecule has 1 aliphatic rings. The van der Waals surface area contributed by atoms with Gasteiger partial charge in [0, 0.05) is 43.5 Å². The number of benzene rings is 1. The number of hydrogen-bond acceptors (Lipinski definition) is 4. The fraction of sp³-hybridized carbons (Fsp3) is 0.522. The van der Waals surface area contributed by atoms with Gasteiger partial charge in [-0.05, 0) is 31.7 Å². The smallest absolute Gasteiger partial charge is 0.226 e. The van der Waals surface area contributed by atoms with Crippen LogP contribution in [-0.2, 0) is 16.0 Å². The van der Waals surface area contributed by atoms with Crippen molar-refractivity contribution in [1.29, 1.82) is 0 Å². The number of carbonyl (C=O) groups is 2. The first-order valence-electron chi connectivity index (χ1n) is 10.5. The lowest BCUT2D eigenvalue weighted by atomic mass is 9.94. The van der Waals surface area contributed by atoms with E-state index in [1.54, 1.807) is 11.3 Å². The van der Waals surface area contributed by atoms with E-state index in [0.29, 0.717) is 19.5 Å². The Morgan fingerprint density at radius 3 is 2.48 bits per heavy atom. The normalized spacial score (nSPS) is 14.8. The Hall–Kier alpha value is -2.21. The highest BCUT2D eigenvalue weighted by atomic mass is 32.1. The summed E-state index contributed by atoms with van der Waals surface area (Å²) >= 11 is 1.64. The van der Waals surface area contributed by atoms with Crippen molar-refractivity contribution in [2.24, 2.45) is 5.92 Å². The lowest BCUT2D eigenvalue weighted by molar-refractivity contribution is -0.139. The third-order valence-electron chi connectivity index (χ3n) is 5.64. The number of likely N-dealkylation sites (tertiary alicyclic amines) is 1. The number of aromatic nitrogens is 1. The molecule has 29 heavy (non-hydrogen) atoms. The van der Waals surface area contributed by atoms with Crippen LogP contribution in [0.4, 0.5) is 0 Å².